The summed E-state index contributed by atoms with van der Waals surface area (Å²) in [6.07, 6.45) is 4.52. The lowest BCUT2D eigenvalue weighted by atomic mass is 9.87. The Kier molecular flexibility index (Phi) is 4.81. The number of piperidine rings is 1. The molecule has 0 saturated carbocycles. The lowest BCUT2D eigenvalue weighted by molar-refractivity contribution is 0.255. The Morgan fingerprint density at radius 1 is 1.11 bits per heavy atom. The van der Waals surface area contributed by atoms with Crippen LogP contribution < -0.4 is 0 Å². The van der Waals surface area contributed by atoms with E-state index in [-0.39, 0.29) is 0 Å². The highest BCUT2D eigenvalue weighted by Gasteiger charge is 2.22. The van der Waals surface area contributed by atoms with Crippen LogP contribution >= 0.6 is 0 Å². The highest BCUT2D eigenvalue weighted by Crippen LogP contribution is 2.39. The molecule has 3 aromatic rings. The molecular formula is C24H31N3. The van der Waals surface area contributed by atoms with E-state index in [9.17, 15) is 0 Å². The number of pyridine rings is 1. The quantitative estimate of drug-likeness (QED) is 0.641. The zero-order chi connectivity index (χ0) is 19.1. The summed E-state index contributed by atoms with van der Waals surface area (Å²) in [6, 6.07) is 9.31. The van der Waals surface area contributed by atoms with Crippen molar-refractivity contribution in [3.8, 4) is 11.3 Å². The van der Waals surface area contributed by atoms with Crippen molar-refractivity contribution in [2.75, 3.05) is 20.1 Å². The van der Waals surface area contributed by atoms with Crippen LogP contribution in [0.5, 0.6) is 0 Å². The van der Waals surface area contributed by atoms with Gasteiger partial charge in [0, 0.05) is 28.4 Å². The second-order valence-electron chi connectivity index (χ2n) is 8.59. The van der Waals surface area contributed by atoms with Gasteiger partial charge in [0.15, 0.2) is 0 Å². The highest BCUT2D eigenvalue weighted by molar-refractivity contribution is 5.92. The molecule has 0 aliphatic carbocycles. The predicted octanol–water partition coefficient (Wildman–Crippen LogP) is 5.78. The van der Waals surface area contributed by atoms with Gasteiger partial charge in [0.2, 0.25) is 0 Å². The number of fused-ring (bicyclic) bond motifs is 1. The third kappa shape index (κ3) is 3.41. The smallest absolute Gasteiger partial charge is 0.0503 e. The number of rotatable bonds is 3. The average molecular weight is 362 g/mol. The molecule has 2 aromatic heterocycles. The molecule has 0 radical (unpaired) electrons. The van der Waals surface area contributed by atoms with Crippen LogP contribution in [0.2, 0.25) is 0 Å². The monoisotopic (exact) mass is 361 g/mol. The summed E-state index contributed by atoms with van der Waals surface area (Å²) >= 11 is 0. The second kappa shape index (κ2) is 7.12. The van der Waals surface area contributed by atoms with E-state index in [1.54, 1.807) is 0 Å². The summed E-state index contributed by atoms with van der Waals surface area (Å²) in [5.74, 6) is 1.16. The minimum atomic E-state index is 0.467. The number of hydrogen-bond donors (Lipinski definition) is 1. The summed E-state index contributed by atoms with van der Waals surface area (Å²) in [7, 11) is 2.23. The molecule has 3 nitrogen and oxygen atoms in total. The van der Waals surface area contributed by atoms with E-state index in [1.807, 2.05) is 6.20 Å². The molecular weight excluding hydrogens is 330 g/mol. The number of nitrogens with zero attached hydrogens (tertiary/aromatic N) is 2. The van der Waals surface area contributed by atoms with Crippen molar-refractivity contribution in [2.24, 2.45) is 0 Å². The fourth-order valence-corrected chi connectivity index (χ4v) is 4.54. The SMILES string of the molecule is Cc1cc(-c2[nH]c3ccc(C4CCN(C)CC4)cc3c2C(C)C)c(C)cn1. The van der Waals surface area contributed by atoms with Gasteiger partial charge in [0.1, 0.15) is 0 Å². The molecule has 1 aliphatic rings. The molecule has 3 heterocycles. The van der Waals surface area contributed by atoms with Crippen molar-refractivity contribution in [1.82, 2.24) is 14.9 Å². The van der Waals surface area contributed by atoms with E-state index in [4.69, 9.17) is 0 Å². The van der Waals surface area contributed by atoms with E-state index in [0.717, 1.165) is 5.69 Å². The molecule has 1 aromatic carbocycles. The first-order valence-electron chi connectivity index (χ1n) is 10.2. The van der Waals surface area contributed by atoms with Crippen LogP contribution in [0, 0.1) is 13.8 Å². The maximum Gasteiger partial charge on any atom is 0.0503 e. The number of aromatic nitrogens is 2. The third-order valence-electron chi connectivity index (χ3n) is 6.14. The van der Waals surface area contributed by atoms with Crippen molar-refractivity contribution in [3.05, 3.63) is 52.8 Å². The molecule has 0 spiro atoms. The summed E-state index contributed by atoms with van der Waals surface area (Å²) in [5.41, 5.74) is 9.03. The second-order valence-corrected chi connectivity index (χ2v) is 8.59. The van der Waals surface area contributed by atoms with Crippen LogP contribution in [0.25, 0.3) is 22.2 Å². The molecule has 1 N–H and O–H groups in total. The molecule has 0 bridgehead atoms. The zero-order valence-electron chi connectivity index (χ0n) is 17.3. The fraction of sp³-hybridized carbons (Fsp3) is 0.458. The van der Waals surface area contributed by atoms with Crippen LogP contribution in [0.1, 0.15) is 60.9 Å². The van der Waals surface area contributed by atoms with Gasteiger partial charge in [-0.1, -0.05) is 19.9 Å². The van der Waals surface area contributed by atoms with E-state index in [1.165, 1.54) is 64.8 Å². The van der Waals surface area contributed by atoms with E-state index >= 15 is 0 Å². The average Bonchev–Trinajstić information content (AvgIpc) is 3.03. The lowest BCUT2D eigenvalue weighted by Gasteiger charge is -2.29. The Morgan fingerprint density at radius 3 is 2.56 bits per heavy atom. The van der Waals surface area contributed by atoms with Gasteiger partial charge in [-0.15, -0.1) is 0 Å². The standard InChI is InChI=1S/C24H31N3/c1-15(2)23-21-13-19(18-8-10-27(5)11-9-18)6-7-22(21)26-24(23)20-12-17(4)25-14-16(20)3/h6-7,12-15,18,26H,8-11H2,1-5H3. The van der Waals surface area contributed by atoms with E-state index < -0.39 is 0 Å². The number of benzene rings is 1. The topological polar surface area (TPSA) is 31.9 Å². The molecule has 0 amide bonds. The summed E-state index contributed by atoms with van der Waals surface area (Å²) in [6.45, 7) is 11.2. The van der Waals surface area contributed by atoms with Crippen molar-refractivity contribution < 1.29 is 0 Å². The first-order chi connectivity index (χ1) is 12.9. The van der Waals surface area contributed by atoms with E-state index in [0.29, 0.717) is 11.8 Å². The number of aryl methyl sites for hydroxylation is 2. The minimum Gasteiger partial charge on any atom is -0.354 e. The molecule has 1 aliphatic heterocycles. The number of likely N-dealkylation sites (tertiary alicyclic amines) is 1. The number of nitrogens with one attached hydrogen (secondary N) is 1. The van der Waals surface area contributed by atoms with Gasteiger partial charge < -0.3 is 9.88 Å². The third-order valence-corrected chi connectivity index (χ3v) is 6.14. The van der Waals surface area contributed by atoms with Crippen LogP contribution in [-0.2, 0) is 0 Å². The van der Waals surface area contributed by atoms with Gasteiger partial charge in [-0.3, -0.25) is 4.98 Å². The fourth-order valence-electron chi connectivity index (χ4n) is 4.54. The molecule has 4 rings (SSSR count). The summed E-state index contributed by atoms with van der Waals surface area (Å²) < 4.78 is 0. The highest BCUT2D eigenvalue weighted by atomic mass is 15.1. The van der Waals surface area contributed by atoms with Crippen molar-refractivity contribution in [1.29, 1.82) is 0 Å². The first kappa shape index (κ1) is 18.2. The Labute approximate surface area is 162 Å². The number of aromatic amines is 1. The van der Waals surface area contributed by atoms with Gasteiger partial charge in [0.25, 0.3) is 0 Å². The maximum atomic E-state index is 4.46. The molecule has 3 heteroatoms. The molecule has 0 atom stereocenters. The first-order valence-corrected chi connectivity index (χ1v) is 10.2. The van der Waals surface area contributed by atoms with E-state index in [2.05, 4.69) is 73.9 Å². The number of hydrogen-bond acceptors (Lipinski definition) is 2. The van der Waals surface area contributed by atoms with Crippen molar-refractivity contribution in [2.45, 2.75) is 52.4 Å². The number of H-pyrrole nitrogens is 1. The zero-order valence-corrected chi connectivity index (χ0v) is 17.3. The largest absolute Gasteiger partial charge is 0.354 e. The Bertz CT molecular complexity index is 959. The van der Waals surface area contributed by atoms with Gasteiger partial charge in [-0.2, -0.15) is 0 Å². The molecule has 1 saturated heterocycles. The maximum absolute atomic E-state index is 4.46. The van der Waals surface area contributed by atoms with Gasteiger partial charge in [-0.25, -0.2) is 0 Å². The lowest BCUT2D eigenvalue weighted by Crippen LogP contribution is -2.29. The predicted molar refractivity (Wildman–Crippen MR) is 115 cm³/mol. The normalized spacial score (nSPS) is 16.5. The van der Waals surface area contributed by atoms with Gasteiger partial charge in [0.05, 0.1) is 5.69 Å². The molecule has 27 heavy (non-hydrogen) atoms. The summed E-state index contributed by atoms with van der Waals surface area (Å²) in [4.78, 5) is 10.6. The minimum absolute atomic E-state index is 0.467. The van der Waals surface area contributed by atoms with Crippen molar-refractivity contribution in [3.63, 3.8) is 0 Å². The molecule has 0 unspecified atom stereocenters. The Morgan fingerprint density at radius 2 is 1.85 bits per heavy atom. The van der Waals surface area contributed by atoms with Gasteiger partial charge in [-0.05, 0) is 93.6 Å². The molecule has 142 valence electrons. The Balaban J connectivity index is 1.84. The van der Waals surface area contributed by atoms with Gasteiger partial charge >= 0.3 is 0 Å². The van der Waals surface area contributed by atoms with Crippen molar-refractivity contribution >= 4 is 10.9 Å². The summed E-state index contributed by atoms with van der Waals surface area (Å²) in [5, 5.41) is 1.39. The van der Waals surface area contributed by atoms with Crippen LogP contribution in [0.15, 0.2) is 30.5 Å². The molecule has 1 fully saturated rings. The van der Waals surface area contributed by atoms with Crippen LogP contribution in [-0.4, -0.2) is 35.0 Å². The Hall–Kier alpha value is -2.13. The van der Waals surface area contributed by atoms with Crippen LogP contribution in [0.4, 0.5) is 0 Å². The van der Waals surface area contributed by atoms with Crippen LogP contribution in [0.3, 0.4) is 0 Å².